The second kappa shape index (κ2) is 6.24. The lowest BCUT2D eigenvalue weighted by molar-refractivity contribution is -0.134. The second-order valence-corrected chi connectivity index (χ2v) is 6.77. The Morgan fingerprint density at radius 1 is 1.35 bits per heavy atom. The Kier molecular flexibility index (Phi) is 4.38. The largest absolute Gasteiger partial charge is 0.392 e. The van der Waals surface area contributed by atoms with Gasteiger partial charge < -0.3 is 10.0 Å². The van der Waals surface area contributed by atoms with E-state index in [9.17, 15) is 9.90 Å². The highest BCUT2D eigenvalue weighted by Gasteiger charge is 2.31. The molecule has 1 aromatic heterocycles. The third-order valence-electron chi connectivity index (χ3n) is 4.28. The Morgan fingerprint density at radius 2 is 2.20 bits per heavy atom. The Bertz CT molecular complexity index is 449. The maximum atomic E-state index is 12.5. The molecule has 20 heavy (non-hydrogen) atoms. The van der Waals surface area contributed by atoms with Crippen LogP contribution in [-0.4, -0.2) is 53.1 Å². The number of carbonyl (C=O) groups is 1. The minimum absolute atomic E-state index is 0.218. The molecule has 1 amide bonds. The second-order valence-electron chi connectivity index (χ2n) is 5.79. The maximum absolute atomic E-state index is 12.5. The van der Waals surface area contributed by atoms with Crippen molar-refractivity contribution in [2.24, 2.45) is 0 Å². The van der Waals surface area contributed by atoms with E-state index in [0.717, 1.165) is 38.8 Å². The first-order chi connectivity index (χ1) is 9.74. The highest BCUT2D eigenvalue weighted by molar-refractivity contribution is 7.10. The van der Waals surface area contributed by atoms with Crippen LogP contribution >= 0.6 is 11.3 Å². The van der Waals surface area contributed by atoms with E-state index in [0.29, 0.717) is 13.1 Å². The van der Waals surface area contributed by atoms with Crippen LogP contribution < -0.4 is 0 Å². The van der Waals surface area contributed by atoms with Gasteiger partial charge in [0.05, 0.1) is 18.7 Å². The summed E-state index contributed by atoms with van der Waals surface area (Å²) in [5.41, 5.74) is 0. The van der Waals surface area contributed by atoms with Gasteiger partial charge in [0.2, 0.25) is 5.91 Å². The third kappa shape index (κ3) is 3.05. The van der Waals surface area contributed by atoms with Crippen molar-refractivity contribution in [3.63, 3.8) is 0 Å². The van der Waals surface area contributed by atoms with E-state index in [1.165, 1.54) is 4.88 Å². The van der Waals surface area contributed by atoms with Crippen molar-refractivity contribution in [1.29, 1.82) is 0 Å². The molecule has 1 aromatic rings. The van der Waals surface area contributed by atoms with Gasteiger partial charge in [0.1, 0.15) is 0 Å². The Labute approximate surface area is 124 Å². The van der Waals surface area contributed by atoms with Crippen molar-refractivity contribution in [3.8, 4) is 0 Å². The number of hydrogen-bond acceptors (Lipinski definition) is 4. The van der Waals surface area contributed by atoms with Gasteiger partial charge in [0.25, 0.3) is 0 Å². The number of aliphatic hydroxyl groups is 1. The first kappa shape index (κ1) is 14.0. The number of thiophene rings is 1. The lowest BCUT2D eigenvalue weighted by Crippen LogP contribution is -2.45. The van der Waals surface area contributed by atoms with Crippen LogP contribution in [0.1, 0.15) is 36.6 Å². The van der Waals surface area contributed by atoms with Gasteiger partial charge in [-0.2, -0.15) is 0 Å². The smallest absolute Gasteiger partial charge is 0.237 e. The van der Waals surface area contributed by atoms with Crippen molar-refractivity contribution in [1.82, 2.24) is 9.80 Å². The molecule has 2 aliphatic heterocycles. The molecule has 0 bridgehead atoms. The number of piperidine rings is 1. The molecule has 2 fully saturated rings. The summed E-state index contributed by atoms with van der Waals surface area (Å²) in [6.45, 7) is 2.90. The van der Waals surface area contributed by atoms with Crippen LogP contribution in [0.5, 0.6) is 0 Å². The van der Waals surface area contributed by atoms with Crippen LogP contribution in [-0.2, 0) is 4.79 Å². The van der Waals surface area contributed by atoms with Crippen LogP contribution in [0.3, 0.4) is 0 Å². The number of carbonyl (C=O) groups excluding carboxylic acids is 1. The van der Waals surface area contributed by atoms with Crippen LogP contribution in [0, 0.1) is 0 Å². The summed E-state index contributed by atoms with van der Waals surface area (Å²) in [4.78, 5) is 18.0. The zero-order valence-electron chi connectivity index (χ0n) is 11.7. The average Bonchev–Trinajstić information content (AvgIpc) is 3.09. The van der Waals surface area contributed by atoms with Gasteiger partial charge in [0.15, 0.2) is 0 Å². The molecule has 0 spiro atoms. The zero-order chi connectivity index (χ0) is 13.9. The van der Waals surface area contributed by atoms with Crippen molar-refractivity contribution >= 4 is 17.2 Å². The summed E-state index contributed by atoms with van der Waals surface area (Å²) in [6, 6.07) is 4.46. The molecule has 0 saturated carbocycles. The Morgan fingerprint density at radius 3 is 2.95 bits per heavy atom. The number of aliphatic hydroxyl groups excluding tert-OH is 1. The summed E-state index contributed by atoms with van der Waals surface area (Å²) in [6.07, 6.45) is 3.77. The molecule has 3 heterocycles. The van der Waals surface area contributed by atoms with Crippen LogP contribution in [0.15, 0.2) is 17.5 Å². The Hall–Kier alpha value is -0.910. The number of amides is 1. The first-order valence-corrected chi connectivity index (χ1v) is 8.35. The molecule has 3 rings (SSSR count). The fourth-order valence-electron chi connectivity index (χ4n) is 3.30. The van der Waals surface area contributed by atoms with Gasteiger partial charge in [-0.1, -0.05) is 6.07 Å². The van der Waals surface area contributed by atoms with Crippen molar-refractivity contribution in [2.45, 2.75) is 37.8 Å². The molecule has 110 valence electrons. The van der Waals surface area contributed by atoms with Crippen molar-refractivity contribution in [2.75, 3.05) is 26.2 Å². The van der Waals surface area contributed by atoms with E-state index >= 15 is 0 Å². The van der Waals surface area contributed by atoms with Crippen LogP contribution in [0.2, 0.25) is 0 Å². The van der Waals surface area contributed by atoms with Crippen LogP contribution in [0.4, 0.5) is 0 Å². The molecular formula is C15H22N2O2S. The molecule has 2 aliphatic rings. The quantitative estimate of drug-likeness (QED) is 0.925. The summed E-state index contributed by atoms with van der Waals surface area (Å²) < 4.78 is 0. The maximum Gasteiger partial charge on any atom is 0.237 e. The first-order valence-electron chi connectivity index (χ1n) is 7.47. The monoisotopic (exact) mass is 294 g/mol. The molecule has 5 heteroatoms. The highest BCUT2D eigenvalue weighted by Crippen LogP contribution is 2.34. The lowest BCUT2D eigenvalue weighted by Gasteiger charge is -2.32. The van der Waals surface area contributed by atoms with Gasteiger partial charge in [-0.05, 0) is 43.7 Å². The normalized spacial score (nSPS) is 27.9. The zero-order valence-corrected chi connectivity index (χ0v) is 12.5. The standard InChI is InChI=1S/C15H22N2O2S/c18-12-4-1-7-16(10-12)11-15(19)17-8-2-5-13(17)14-6-3-9-20-14/h3,6,9,12-13,18H,1-2,4-5,7-8,10-11H2/t12-,13?/m0/s1. The van der Waals surface area contributed by atoms with Crippen molar-refractivity contribution in [3.05, 3.63) is 22.4 Å². The van der Waals surface area contributed by atoms with E-state index in [4.69, 9.17) is 0 Å². The number of rotatable bonds is 3. The molecule has 0 radical (unpaired) electrons. The fourth-order valence-corrected chi connectivity index (χ4v) is 4.17. The van der Waals surface area contributed by atoms with Gasteiger partial charge in [-0.15, -0.1) is 11.3 Å². The number of β-amino-alcohol motifs (C(OH)–C–C–N with tert-alkyl or cyclic N) is 1. The van der Waals surface area contributed by atoms with Gasteiger partial charge in [-0.25, -0.2) is 0 Å². The van der Waals surface area contributed by atoms with E-state index < -0.39 is 0 Å². The third-order valence-corrected chi connectivity index (χ3v) is 5.26. The molecule has 0 aliphatic carbocycles. The van der Waals surface area contributed by atoms with E-state index in [-0.39, 0.29) is 18.1 Å². The van der Waals surface area contributed by atoms with Gasteiger partial charge in [0, 0.05) is 18.0 Å². The summed E-state index contributed by atoms with van der Waals surface area (Å²) in [7, 11) is 0. The predicted octanol–water partition coefficient (Wildman–Crippen LogP) is 1.87. The van der Waals surface area contributed by atoms with Crippen LogP contribution in [0.25, 0.3) is 0 Å². The molecule has 2 atom stereocenters. The summed E-state index contributed by atoms with van der Waals surface area (Å²) in [5, 5.41) is 11.8. The molecule has 4 nitrogen and oxygen atoms in total. The number of hydrogen-bond donors (Lipinski definition) is 1. The van der Waals surface area contributed by atoms with Crippen molar-refractivity contribution < 1.29 is 9.90 Å². The highest BCUT2D eigenvalue weighted by atomic mass is 32.1. The van der Waals surface area contributed by atoms with E-state index in [2.05, 4.69) is 22.4 Å². The fraction of sp³-hybridized carbons (Fsp3) is 0.667. The topological polar surface area (TPSA) is 43.8 Å². The number of likely N-dealkylation sites (tertiary alicyclic amines) is 2. The number of nitrogens with zero attached hydrogens (tertiary/aromatic N) is 2. The van der Waals surface area contributed by atoms with E-state index in [1.807, 2.05) is 4.90 Å². The lowest BCUT2D eigenvalue weighted by atomic mass is 10.1. The molecule has 2 saturated heterocycles. The average molecular weight is 294 g/mol. The van der Waals surface area contributed by atoms with E-state index in [1.54, 1.807) is 11.3 Å². The molecule has 1 unspecified atom stereocenters. The molecule has 0 aromatic carbocycles. The van der Waals surface area contributed by atoms with Gasteiger partial charge in [-0.3, -0.25) is 9.69 Å². The molecule has 1 N–H and O–H groups in total. The minimum Gasteiger partial charge on any atom is -0.392 e. The summed E-state index contributed by atoms with van der Waals surface area (Å²) in [5.74, 6) is 0.218. The minimum atomic E-state index is -0.261. The van der Waals surface area contributed by atoms with Gasteiger partial charge >= 0.3 is 0 Å². The SMILES string of the molecule is O=C(CN1CCC[C@H](O)C1)N1CCCC1c1cccs1. The Balaban J connectivity index is 1.61. The molecular weight excluding hydrogens is 272 g/mol. The predicted molar refractivity (Wildman–Crippen MR) is 79.7 cm³/mol. The summed E-state index contributed by atoms with van der Waals surface area (Å²) >= 11 is 1.74.